The zero-order valence-electron chi connectivity index (χ0n) is 13.8. The van der Waals surface area contributed by atoms with E-state index < -0.39 is 0 Å². The van der Waals surface area contributed by atoms with Crippen molar-refractivity contribution in [1.29, 1.82) is 0 Å². The summed E-state index contributed by atoms with van der Waals surface area (Å²) in [5.74, 6) is 1.98. The van der Waals surface area contributed by atoms with Crippen molar-refractivity contribution in [3.05, 3.63) is 17.6 Å². The molecule has 1 saturated carbocycles. The Hall–Kier alpha value is -1.16. The molecule has 1 aliphatic carbocycles. The van der Waals surface area contributed by atoms with E-state index in [4.69, 9.17) is 0 Å². The first-order chi connectivity index (χ1) is 9.94. The van der Waals surface area contributed by atoms with E-state index in [1.165, 1.54) is 25.7 Å². The van der Waals surface area contributed by atoms with E-state index in [1.54, 1.807) is 0 Å². The largest absolute Gasteiger partial charge is 0.356 e. The van der Waals surface area contributed by atoms with Crippen LogP contribution in [0.5, 0.6) is 0 Å². The van der Waals surface area contributed by atoms with E-state index in [0.717, 1.165) is 36.5 Å². The highest BCUT2D eigenvalue weighted by Gasteiger charge is 2.39. The minimum atomic E-state index is 0.498. The topological polar surface area (TPSA) is 41.0 Å². The molecule has 21 heavy (non-hydrogen) atoms. The maximum absolute atomic E-state index is 4.59. The van der Waals surface area contributed by atoms with Crippen molar-refractivity contribution < 1.29 is 0 Å². The second-order valence-corrected chi connectivity index (χ2v) is 7.42. The Kier molecular flexibility index (Phi) is 3.91. The van der Waals surface area contributed by atoms with Crippen molar-refractivity contribution in [2.75, 3.05) is 18.0 Å². The van der Waals surface area contributed by atoms with Crippen LogP contribution in [0.1, 0.15) is 51.0 Å². The van der Waals surface area contributed by atoms with Crippen molar-refractivity contribution >= 4 is 5.82 Å². The molecule has 4 nitrogen and oxygen atoms in total. The summed E-state index contributed by atoms with van der Waals surface area (Å²) in [6.07, 6.45) is 5.14. The number of piperidine rings is 1. The third-order valence-corrected chi connectivity index (χ3v) is 5.23. The first-order valence-electron chi connectivity index (χ1n) is 8.27. The molecule has 0 amide bonds. The predicted molar refractivity (Wildman–Crippen MR) is 86.7 cm³/mol. The Morgan fingerprint density at radius 2 is 1.86 bits per heavy atom. The molecule has 1 aliphatic heterocycles. The zero-order chi connectivity index (χ0) is 15.0. The zero-order valence-corrected chi connectivity index (χ0v) is 13.8. The van der Waals surface area contributed by atoms with Crippen molar-refractivity contribution in [3.63, 3.8) is 0 Å². The van der Waals surface area contributed by atoms with Gasteiger partial charge in [0.2, 0.25) is 0 Å². The molecule has 1 unspecified atom stereocenters. The summed E-state index contributed by atoms with van der Waals surface area (Å²) in [5, 5.41) is 3.88. The molecule has 1 atom stereocenters. The van der Waals surface area contributed by atoms with Gasteiger partial charge in [-0.15, -0.1) is 0 Å². The maximum Gasteiger partial charge on any atom is 0.132 e. The number of aromatic nitrogens is 2. The fraction of sp³-hybridized carbons (Fsp3) is 0.765. The van der Waals surface area contributed by atoms with Gasteiger partial charge in [-0.05, 0) is 44.9 Å². The lowest BCUT2D eigenvalue weighted by Gasteiger charge is -2.48. The number of anilines is 1. The summed E-state index contributed by atoms with van der Waals surface area (Å²) in [5.41, 5.74) is 1.56. The second kappa shape index (κ2) is 5.56. The van der Waals surface area contributed by atoms with Gasteiger partial charge in [-0.2, -0.15) is 0 Å². The molecule has 1 aromatic rings. The molecule has 0 radical (unpaired) electrons. The Morgan fingerprint density at radius 1 is 1.14 bits per heavy atom. The van der Waals surface area contributed by atoms with Crippen molar-refractivity contribution in [2.45, 2.75) is 65.5 Å². The van der Waals surface area contributed by atoms with Crippen LogP contribution in [-0.4, -0.2) is 35.1 Å². The average Bonchev–Trinajstić information content (AvgIpc) is 2.43. The molecular formula is C17H28N4. The Bertz CT molecular complexity index is 483. The molecule has 1 saturated heterocycles. The van der Waals surface area contributed by atoms with Crippen LogP contribution in [-0.2, 0) is 0 Å². The molecule has 1 N–H and O–H groups in total. The van der Waals surface area contributed by atoms with Gasteiger partial charge in [0, 0.05) is 36.9 Å². The quantitative estimate of drug-likeness (QED) is 0.928. The Balaban J connectivity index is 1.55. The molecule has 1 aromatic heterocycles. The molecule has 0 bridgehead atoms. The molecule has 116 valence electrons. The highest BCUT2D eigenvalue weighted by atomic mass is 15.2. The molecular weight excluding hydrogens is 260 g/mol. The molecule has 2 heterocycles. The van der Waals surface area contributed by atoms with Crippen LogP contribution in [0.15, 0.2) is 6.07 Å². The minimum Gasteiger partial charge on any atom is -0.356 e. The minimum absolute atomic E-state index is 0.498. The summed E-state index contributed by atoms with van der Waals surface area (Å²) in [6.45, 7) is 11.0. The van der Waals surface area contributed by atoms with E-state index in [9.17, 15) is 0 Å². The number of rotatable bonds is 3. The van der Waals surface area contributed by atoms with E-state index in [-0.39, 0.29) is 0 Å². The van der Waals surface area contributed by atoms with Crippen LogP contribution in [0, 0.1) is 19.3 Å². The molecule has 3 rings (SSSR count). The molecule has 2 fully saturated rings. The van der Waals surface area contributed by atoms with Gasteiger partial charge in [-0.25, -0.2) is 9.97 Å². The van der Waals surface area contributed by atoms with Crippen LogP contribution in [0.2, 0.25) is 0 Å². The average molecular weight is 288 g/mol. The van der Waals surface area contributed by atoms with Crippen molar-refractivity contribution in [3.8, 4) is 0 Å². The summed E-state index contributed by atoms with van der Waals surface area (Å²) in [4.78, 5) is 11.4. The summed E-state index contributed by atoms with van der Waals surface area (Å²) >= 11 is 0. The fourth-order valence-corrected chi connectivity index (χ4v) is 3.59. The maximum atomic E-state index is 4.59. The van der Waals surface area contributed by atoms with Gasteiger partial charge in [0.25, 0.3) is 0 Å². The van der Waals surface area contributed by atoms with E-state index in [2.05, 4.69) is 40.1 Å². The van der Waals surface area contributed by atoms with Gasteiger partial charge < -0.3 is 10.2 Å². The highest BCUT2D eigenvalue weighted by Crippen LogP contribution is 2.40. The summed E-state index contributed by atoms with van der Waals surface area (Å²) in [7, 11) is 0. The van der Waals surface area contributed by atoms with Gasteiger partial charge >= 0.3 is 0 Å². The van der Waals surface area contributed by atoms with Gasteiger partial charge in [0.15, 0.2) is 0 Å². The van der Waals surface area contributed by atoms with Gasteiger partial charge in [-0.1, -0.05) is 13.8 Å². The third kappa shape index (κ3) is 3.20. The van der Waals surface area contributed by atoms with Crippen molar-refractivity contribution in [1.82, 2.24) is 15.3 Å². The van der Waals surface area contributed by atoms with Crippen LogP contribution in [0.25, 0.3) is 0 Å². The summed E-state index contributed by atoms with van der Waals surface area (Å²) < 4.78 is 0. The Morgan fingerprint density at radius 3 is 2.38 bits per heavy atom. The van der Waals surface area contributed by atoms with E-state index in [1.807, 2.05) is 13.8 Å². The third-order valence-electron chi connectivity index (χ3n) is 5.23. The number of nitrogens with one attached hydrogen (secondary N) is 1. The Labute approximate surface area is 128 Å². The standard InChI is InChI=1S/C17H28N4/c1-12-11-16(19-13(2)18-12)21-9-6-14(7-10-21)20-15-5-8-17(15,3)4/h11,14-15,20H,5-10H2,1-4H3. The SMILES string of the molecule is Cc1cc(N2CCC(NC3CCC3(C)C)CC2)nc(C)n1. The smallest absolute Gasteiger partial charge is 0.132 e. The first kappa shape index (κ1) is 14.8. The molecule has 4 heteroatoms. The van der Waals surface area contributed by atoms with Gasteiger partial charge in [0.1, 0.15) is 11.6 Å². The molecule has 0 spiro atoms. The second-order valence-electron chi connectivity index (χ2n) is 7.42. The lowest BCUT2D eigenvalue weighted by atomic mass is 9.67. The predicted octanol–water partition coefficient (Wildman–Crippen LogP) is 2.84. The lowest BCUT2D eigenvalue weighted by Crippen LogP contribution is -2.55. The van der Waals surface area contributed by atoms with Gasteiger partial charge in [-0.3, -0.25) is 0 Å². The monoisotopic (exact) mass is 288 g/mol. The number of hydrogen-bond acceptors (Lipinski definition) is 4. The highest BCUT2D eigenvalue weighted by molar-refractivity contribution is 5.40. The lowest BCUT2D eigenvalue weighted by molar-refractivity contribution is 0.0938. The first-order valence-corrected chi connectivity index (χ1v) is 8.27. The van der Waals surface area contributed by atoms with Crippen LogP contribution < -0.4 is 10.2 Å². The normalized spacial score (nSPS) is 25.7. The van der Waals surface area contributed by atoms with Crippen LogP contribution in [0.4, 0.5) is 5.82 Å². The number of nitrogens with zero attached hydrogens (tertiary/aromatic N) is 3. The summed E-state index contributed by atoms with van der Waals surface area (Å²) in [6, 6.07) is 3.50. The van der Waals surface area contributed by atoms with Crippen molar-refractivity contribution in [2.24, 2.45) is 5.41 Å². The molecule has 2 aliphatic rings. The van der Waals surface area contributed by atoms with E-state index in [0.29, 0.717) is 11.5 Å². The number of hydrogen-bond donors (Lipinski definition) is 1. The van der Waals surface area contributed by atoms with Crippen LogP contribution in [0.3, 0.4) is 0 Å². The van der Waals surface area contributed by atoms with Crippen LogP contribution >= 0.6 is 0 Å². The van der Waals surface area contributed by atoms with Gasteiger partial charge in [0.05, 0.1) is 0 Å². The fourth-order valence-electron chi connectivity index (χ4n) is 3.59. The number of aryl methyl sites for hydroxylation is 2. The van der Waals surface area contributed by atoms with E-state index >= 15 is 0 Å². The molecule has 0 aromatic carbocycles.